The average molecular weight is 342 g/mol. The number of aromatic nitrogens is 1. The summed E-state index contributed by atoms with van der Waals surface area (Å²) in [7, 11) is 0. The fraction of sp³-hybridized carbons (Fsp3) is 0.250. The number of alkyl halides is 3. The predicted molar refractivity (Wildman–Crippen MR) is 78.8 cm³/mol. The Morgan fingerprint density at radius 1 is 1.08 bits per heavy atom. The number of carbonyl (C=O) groups excluding carboxylic acids is 1. The van der Waals surface area contributed by atoms with Crippen LogP contribution in [-0.4, -0.2) is 17.0 Å². The summed E-state index contributed by atoms with van der Waals surface area (Å²) in [5.74, 6) is -0.953. The molecule has 1 aromatic carbocycles. The number of benzene rings is 1. The van der Waals surface area contributed by atoms with Crippen LogP contribution in [0.3, 0.4) is 0 Å². The van der Waals surface area contributed by atoms with Gasteiger partial charge in [0.1, 0.15) is 12.4 Å². The van der Waals surface area contributed by atoms with Gasteiger partial charge in [-0.25, -0.2) is 4.39 Å². The molecule has 0 saturated carbocycles. The lowest BCUT2D eigenvalue weighted by Gasteiger charge is -2.11. The summed E-state index contributed by atoms with van der Waals surface area (Å²) in [6.07, 6.45) is -3.54. The van der Waals surface area contributed by atoms with E-state index in [2.05, 4.69) is 5.32 Å². The lowest BCUT2D eigenvalue weighted by molar-refractivity contribution is -0.138. The summed E-state index contributed by atoms with van der Waals surface area (Å²) in [6, 6.07) is 7.16. The van der Waals surface area contributed by atoms with Crippen molar-refractivity contribution in [1.29, 1.82) is 0 Å². The van der Waals surface area contributed by atoms with E-state index in [9.17, 15) is 27.2 Å². The molecule has 2 aromatic rings. The Kier molecular flexibility index (Phi) is 5.38. The highest BCUT2D eigenvalue weighted by molar-refractivity contribution is 5.75. The van der Waals surface area contributed by atoms with E-state index in [1.807, 2.05) is 0 Å². The Hall–Kier alpha value is -2.64. The number of hydrogen-bond donors (Lipinski definition) is 1. The summed E-state index contributed by atoms with van der Waals surface area (Å²) in [5.41, 5.74) is -0.897. The third kappa shape index (κ3) is 4.94. The summed E-state index contributed by atoms with van der Waals surface area (Å²) in [4.78, 5) is 23.3. The van der Waals surface area contributed by atoms with Crippen molar-refractivity contribution < 1.29 is 22.4 Å². The second-order valence-corrected chi connectivity index (χ2v) is 5.11. The molecule has 0 saturated heterocycles. The van der Waals surface area contributed by atoms with Gasteiger partial charge in [-0.2, -0.15) is 13.2 Å². The van der Waals surface area contributed by atoms with E-state index in [1.165, 1.54) is 12.1 Å². The smallest absolute Gasteiger partial charge is 0.354 e. The molecule has 0 aliphatic carbocycles. The van der Waals surface area contributed by atoms with Crippen molar-refractivity contribution >= 4 is 5.91 Å². The summed E-state index contributed by atoms with van der Waals surface area (Å²) in [5, 5.41) is 2.51. The third-order valence-electron chi connectivity index (χ3n) is 3.27. The minimum absolute atomic E-state index is 0.220. The normalized spacial score (nSPS) is 11.3. The average Bonchev–Trinajstić information content (AvgIpc) is 2.50. The van der Waals surface area contributed by atoms with E-state index < -0.39 is 29.8 Å². The van der Waals surface area contributed by atoms with Crippen LogP contribution in [0.1, 0.15) is 11.1 Å². The number of halogens is 4. The summed E-state index contributed by atoms with van der Waals surface area (Å²) < 4.78 is 51.3. The van der Waals surface area contributed by atoms with Gasteiger partial charge in [0.25, 0.3) is 5.56 Å². The van der Waals surface area contributed by atoms with Crippen LogP contribution in [0.5, 0.6) is 0 Å². The highest BCUT2D eigenvalue weighted by atomic mass is 19.4. The first-order chi connectivity index (χ1) is 11.3. The quantitative estimate of drug-likeness (QED) is 0.848. The van der Waals surface area contributed by atoms with Crippen LogP contribution < -0.4 is 10.9 Å². The SMILES string of the molecule is O=C(Cn1cc(C(F)(F)F)ccc1=O)NCCc1ccc(F)cc1. The number of nitrogens with zero attached hydrogens (tertiary/aromatic N) is 1. The molecule has 8 heteroatoms. The molecule has 0 radical (unpaired) electrons. The van der Waals surface area contributed by atoms with Gasteiger partial charge in [0.2, 0.25) is 5.91 Å². The lowest BCUT2D eigenvalue weighted by atomic mass is 10.1. The van der Waals surface area contributed by atoms with Crippen LogP contribution >= 0.6 is 0 Å². The predicted octanol–water partition coefficient (Wildman–Crippen LogP) is 2.37. The Morgan fingerprint density at radius 2 is 1.75 bits per heavy atom. The van der Waals surface area contributed by atoms with E-state index in [1.54, 1.807) is 12.1 Å². The van der Waals surface area contributed by atoms with Crippen molar-refractivity contribution in [3.8, 4) is 0 Å². The molecule has 4 nitrogen and oxygen atoms in total. The van der Waals surface area contributed by atoms with Crippen molar-refractivity contribution in [3.05, 3.63) is 69.9 Å². The standard InChI is InChI=1S/C16H14F4N2O2/c17-13-4-1-11(2-5-13)7-8-21-14(23)10-22-9-12(16(18,19)20)3-6-15(22)24/h1-6,9H,7-8,10H2,(H,21,23). The first-order valence-electron chi connectivity index (χ1n) is 7.04. The van der Waals surface area contributed by atoms with E-state index >= 15 is 0 Å². The minimum Gasteiger partial charge on any atom is -0.354 e. The highest BCUT2D eigenvalue weighted by Crippen LogP contribution is 2.27. The molecule has 1 aromatic heterocycles. The topological polar surface area (TPSA) is 51.1 Å². The van der Waals surface area contributed by atoms with Crippen LogP contribution in [0.15, 0.2) is 47.4 Å². The maximum absolute atomic E-state index is 12.8. The molecule has 1 heterocycles. The highest BCUT2D eigenvalue weighted by Gasteiger charge is 2.31. The van der Waals surface area contributed by atoms with Gasteiger partial charge in [0, 0.05) is 18.8 Å². The van der Waals surface area contributed by atoms with Gasteiger partial charge < -0.3 is 9.88 Å². The largest absolute Gasteiger partial charge is 0.417 e. The van der Waals surface area contributed by atoms with E-state index in [0.717, 1.165) is 11.6 Å². The van der Waals surface area contributed by atoms with Gasteiger partial charge in [-0.3, -0.25) is 9.59 Å². The maximum atomic E-state index is 12.8. The van der Waals surface area contributed by atoms with Gasteiger partial charge >= 0.3 is 6.18 Å². The molecule has 0 aliphatic heterocycles. The first-order valence-corrected chi connectivity index (χ1v) is 7.04. The third-order valence-corrected chi connectivity index (χ3v) is 3.27. The Balaban J connectivity index is 1.92. The molecule has 0 atom stereocenters. The van der Waals surface area contributed by atoms with Gasteiger partial charge in [0.05, 0.1) is 5.56 Å². The fourth-order valence-electron chi connectivity index (χ4n) is 2.03. The Labute approximate surface area is 134 Å². The molecular formula is C16H14F4N2O2. The molecule has 2 rings (SSSR count). The summed E-state index contributed by atoms with van der Waals surface area (Å²) in [6.45, 7) is -0.287. The molecule has 0 unspecified atom stereocenters. The van der Waals surface area contributed by atoms with Crippen molar-refractivity contribution in [2.45, 2.75) is 19.1 Å². The summed E-state index contributed by atoms with van der Waals surface area (Å²) >= 11 is 0. The zero-order chi connectivity index (χ0) is 17.7. The van der Waals surface area contributed by atoms with Gasteiger partial charge in [-0.05, 0) is 30.2 Å². The number of nitrogens with one attached hydrogen (secondary N) is 1. The molecule has 1 amide bonds. The molecule has 0 fully saturated rings. The van der Waals surface area contributed by atoms with Crippen molar-refractivity contribution in [3.63, 3.8) is 0 Å². The zero-order valence-electron chi connectivity index (χ0n) is 12.4. The van der Waals surface area contributed by atoms with Crippen LogP contribution in [0.4, 0.5) is 17.6 Å². The molecular weight excluding hydrogens is 328 g/mol. The molecule has 1 N–H and O–H groups in total. The Bertz CT molecular complexity index is 767. The van der Waals surface area contributed by atoms with Gasteiger partial charge in [-0.1, -0.05) is 12.1 Å². The number of amides is 1. The molecule has 0 spiro atoms. The fourth-order valence-corrected chi connectivity index (χ4v) is 2.03. The lowest BCUT2D eigenvalue weighted by Crippen LogP contribution is -2.33. The maximum Gasteiger partial charge on any atom is 0.417 e. The number of rotatable bonds is 5. The second kappa shape index (κ2) is 7.29. The van der Waals surface area contributed by atoms with E-state index in [4.69, 9.17) is 0 Å². The molecule has 0 aliphatic rings. The monoisotopic (exact) mass is 342 g/mol. The minimum atomic E-state index is -4.59. The number of carbonyl (C=O) groups is 1. The first kappa shape index (κ1) is 17.7. The van der Waals surface area contributed by atoms with E-state index in [-0.39, 0.29) is 12.4 Å². The van der Waals surface area contributed by atoms with Crippen LogP contribution in [-0.2, 0) is 23.9 Å². The van der Waals surface area contributed by atoms with Crippen LogP contribution in [0.25, 0.3) is 0 Å². The molecule has 0 bridgehead atoms. The number of hydrogen-bond acceptors (Lipinski definition) is 2. The van der Waals surface area contributed by atoms with Crippen molar-refractivity contribution in [1.82, 2.24) is 9.88 Å². The Morgan fingerprint density at radius 3 is 2.38 bits per heavy atom. The van der Waals surface area contributed by atoms with Crippen molar-refractivity contribution in [2.75, 3.05) is 6.54 Å². The van der Waals surface area contributed by atoms with Crippen molar-refractivity contribution in [2.24, 2.45) is 0 Å². The second-order valence-electron chi connectivity index (χ2n) is 5.11. The molecule has 24 heavy (non-hydrogen) atoms. The van der Waals surface area contributed by atoms with E-state index in [0.29, 0.717) is 23.3 Å². The van der Waals surface area contributed by atoms with Crippen LogP contribution in [0.2, 0.25) is 0 Å². The molecule has 128 valence electrons. The number of pyridine rings is 1. The van der Waals surface area contributed by atoms with Gasteiger partial charge in [-0.15, -0.1) is 0 Å². The zero-order valence-corrected chi connectivity index (χ0v) is 12.4. The van der Waals surface area contributed by atoms with Gasteiger partial charge in [0.15, 0.2) is 0 Å². The van der Waals surface area contributed by atoms with Crippen LogP contribution in [0, 0.1) is 5.82 Å².